The molecule has 3 N–H and O–H groups in total. The summed E-state index contributed by atoms with van der Waals surface area (Å²) in [6.07, 6.45) is 6.67. The van der Waals surface area contributed by atoms with Gasteiger partial charge in [0.05, 0.1) is 43.6 Å². The zero-order valence-electron chi connectivity index (χ0n) is 22.5. The number of nitrogens with two attached hydrogens (primary N) is 1. The number of carbonyl (C=O) groups is 2. The maximum Gasteiger partial charge on any atom is 0.254 e. The second-order valence-corrected chi connectivity index (χ2v) is 11.0. The minimum atomic E-state index is -1.48. The van der Waals surface area contributed by atoms with Crippen LogP contribution in [-0.4, -0.2) is 78.6 Å². The summed E-state index contributed by atoms with van der Waals surface area (Å²) in [6, 6.07) is 5.07. The molecular weight excluding hydrogens is 519 g/mol. The van der Waals surface area contributed by atoms with Gasteiger partial charge in [-0.15, -0.1) is 0 Å². The molecule has 3 aromatic heterocycles. The summed E-state index contributed by atoms with van der Waals surface area (Å²) in [4.78, 5) is 35.0. The molecule has 12 heteroatoms. The number of hydrogen-bond donors (Lipinski definition) is 2. The topological polar surface area (TPSA) is 146 Å². The van der Waals surface area contributed by atoms with Gasteiger partial charge < -0.3 is 25.2 Å². The maximum atomic E-state index is 15.2. The van der Waals surface area contributed by atoms with Gasteiger partial charge in [-0.05, 0) is 44.9 Å². The predicted molar refractivity (Wildman–Crippen MR) is 142 cm³/mol. The third kappa shape index (κ3) is 6.92. The molecule has 2 atom stereocenters. The van der Waals surface area contributed by atoms with Gasteiger partial charge in [-0.3, -0.25) is 19.3 Å². The number of piperidine rings is 1. The Kier molecular flexibility index (Phi) is 7.70. The summed E-state index contributed by atoms with van der Waals surface area (Å²) >= 11 is 0. The quantitative estimate of drug-likeness (QED) is 0.390. The SMILES string of the molecule is CC(C)(O)Cn1cc(-c2cnc(O[C@@H]3CCN(C(=O)Cc4ccc(OC5CC5)cn4)C[C@@H]3F)c(C(N)=O)c2)cn1. The number of aromatic nitrogens is 4. The highest BCUT2D eigenvalue weighted by Crippen LogP contribution is 2.28. The first-order valence-corrected chi connectivity index (χ1v) is 13.3. The van der Waals surface area contributed by atoms with E-state index in [1.54, 1.807) is 49.3 Å². The van der Waals surface area contributed by atoms with Crippen molar-refractivity contribution in [1.29, 1.82) is 0 Å². The standard InChI is InChI=1S/C28H33FN6O5/c1-28(2,38)16-35-14-18(12-33-35)17-9-22(26(30)37)27(32-11-17)40-24-7-8-34(15-23(24)29)25(36)10-19-3-4-21(13-31-19)39-20-5-6-20/h3-4,9,11-14,20,23-24,38H,5-8,10,15-16H2,1-2H3,(H2,30,37)/t23-,24+/m0/s1. The fraction of sp³-hybridized carbons (Fsp3) is 0.464. The predicted octanol–water partition coefficient (Wildman–Crippen LogP) is 2.31. The van der Waals surface area contributed by atoms with Crippen LogP contribution in [0, 0.1) is 0 Å². The molecule has 1 saturated heterocycles. The van der Waals surface area contributed by atoms with E-state index in [0.29, 0.717) is 22.6 Å². The molecule has 0 aromatic carbocycles. The normalized spacial score (nSPS) is 19.4. The van der Waals surface area contributed by atoms with Crippen LogP contribution in [0.25, 0.3) is 11.1 Å². The summed E-state index contributed by atoms with van der Waals surface area (Å²) in [7, 11) is 0. The third-order valence-corrected chi connectivity index (χ3v) is 6.69. The number of hydrogen-bond acceptors (Lipinski definition) is 8. The summed E-state index contributed by atoms with van der Waals surface area (Å²) in [5.41, 5.74) is 6.47. The number of likely N-dealkylation sites (tertiary alicyclic amines) is 1. The number of halogens is 1. The first-order valence-electron chi connectivity index (χ1n) is 13.3. The fourth-order valence-electron chi connectivity index (χ4n) is 4.49. The molecule has 1 aliphatic carbocycles. The number of carbonyl (C=O) groups excluding carboxylic acids is 2. The molecule has 0 unspecified atom stereocenters. The molecule has 1 aliphatic heterocycles. The minimum Gasteiger partial charge on any atom is -0.489 e. The summed E-state index contributed by atoms with van der Waals surface area (Å²) in [5, 5.41) is 14.3. The number of amides is 2. The minimum absolute atomic E-state index is 0.0126. The molecule has 212 valence electrons. The van der Waals surface area contributed by atoms with Crippen LogP contribution in [0.1, 0.15) is 49.2 Å². The van der Waals surface area contributed by atoms with Crippen LogP contribution in [0.2, 0.25) is 0 Å². The van der Waals surface area contributed by atoms with Gasteiger partial charge in [0.15, 0.2) is 6.17 Å². The Morgan fingerprint density at radius 2 is 1.93 bits per heavy atom. The van der Waals surface area contributed by atoms with Crippen molar-refractivity contribution in [3.63, 3.8) is 0 Å². The van der Waals surface area contributed by atoms with Gasteiger partial charge in [0.2, 0.25) is 11.8 Å². The van der Waals surface area contributed by atoms with E-state index in [0.717, 1.165) is 12.8 Å². The van der Waals surface area contributed by atoms with Crippen LogP contribution in [0.15, 0.2) is 43.0 Å². The smallest absolute Gasteiger partial charge is 0.254 e. The number of nitrogens with zero attached hydrogens (tertiary/aromatic N) is 5. The molecule has 0 radical (unpaired) electrons. The average Bonchev–Trinajstić information content (AvgIpc) is 3.60. The van der Waals surface area contributed by atoms with Crippen LogP contribution in [0.5, 0.6) is 11.6 Å². The fourth-order valence-corrected chi connectivity index (χ4v) is 4.49. The van der Waals surface area contributed by atoms with Crippen molar-refractivity contribution in [2.75, 3.05) is 13.1 Å². The van der Waals surface area contributed by atoms with E-state index in [1.165, 1.54) is 17.2 Å². The van der Waals surface area contributed by atoms with Gasteiger partial charge in [0.1, 0.15) is 17.4 Å². The highest BCUT2D eigenvalue weighted by molar-refractivity contribution is 5.96. The van der Waals surface area contributed by atoms with Gasteiger partial charge in [0.25, 0.3) is 5.91 Å². The second kappa shape index (κ2) is 11.2. The Balaban J connectivity index is 1.19. The van der Waals surface area contributed by atoms with Gasteiger partial charge in [-0.1, -0.05) is 0 Å². The molecule has 2 amide bonds. The van der Waals surface area contributed by atoms with Crippen LogP contribution in [0.3, 0.4) is 0 Å². The van der Waals surface area contributed by atoms with Crippen molar-refractivity contribution < 1.29 is 28.6 Å². The molecule has 0 spiro atoms. The number of aliphatic hydroxyl groups is 1. The van der Waals surface area contributed by atoms with E-state index >= 15 is 4.39 Å². The lowest BCUT2D eigenvalue weighted by Crippen LogP contribution is -2.49. The zero-order chi connectivity index (χ0) is 28.4. The van der Waals surface area contributed by atoms with Crippen LogP contribution < -0.4 is 15.2 Å². The molecule has 1 saturated carbocycles. The summed E-state index contributed by atoms with van der Waals surface area (Å²) in [6.45, 7) is 3.77. The molecule has 3 aromatic rings. The Bertz CT molecular complexity index is 1370. The van der Waals surface area contributed by atoms with E-state index in [9.17, 15) is 14.7 Å². The third-order valence-electron chi connectivity index (χ3n) is 6.69. The van der Waals surface area contributed by atoms with E-state index in [2.05, 4.69) is 15.1 Å². The maximum absolute atomic E-state index is 15.2. The Hall–Kier alpha value is -4.06. The van der Waals surface area contributed by atoms with Gasteiger partial charge in [-0.25, -0.2) is 9.37 Å². The summed E-state index contributed by atoms with van der Waals surface area (Å²) < 4.78 is 28.2. The van der Waals surface area contributed by atoms with E-state index < -0.39 is 23.8 Å². The molecular formula is C28H33FN6O5. The lowest BCUT2D eigenvalue weighted by Gasteiger charge is -2.34. The van der Waals surface area contributed by atoms with Crippen LogP contribution >= 0.6 is 0 Å². The molecule has 40 heavy (non-hydrogen) atoms. The summed E-state index contributed by atoms with van der Waals surface area (Å²) in [5.74, 6) is -0.379. The van der Waals surface area contributed by atoms with Crippen molar-refractivity contribution in [1.82, 2.24) is 24.6 Å². The number of rotatable bonds is 10. The Morgan fingerprint density at radius 1 is 1.12 bits per heavy atom. The zero-order valence-corrected chi connectivity index (χ0v) is 22.5. The van der Waals surface area contributed by atoms with E-state index in [-0.39, 0.29) is 55.9 Å². The monoisotopic (exact) mass is 552 g/mol. The first-order chi connectivity index (χ1) is 19.0. The lowest BCUT2D eigenvalue weighted by molar-refractivity contribution is -0.134. The van der Waals surface area contributed by atoms with Gasteiger partial charge >= 0.3 is 0 Å². The largest absolute Gasteiger partial charge is 0.489 e. The Labute approximate surface area is 231 Å². The average molecular weight is 553 g/mol. The highest BCUT2D eigenvalue weighted by atomic mass is 19.1. The van der Waals surface area contributed by atoms with Crippen LogP contribution in [-0.2, 0) is 17.8 Å². The van der Waals surface area contributed by atoms with Crippen molar-refractivity contribution in [3.05, 3.63) is 54.2 Å². The molecule has 5 rings (SSSR count). The molecule has 4 heterocycles. The Morgan fingerprint density at radius 3 is 2.58 bits per heavy atom. The number of primary amides is 1. The van der Waals surface area contributed by atoms with Crippen molar-refractivity contribution in [2.45, 2.75) is 70.1 Å². The molecule has 2 aliphatic rings. The number of ether oxygens (including phenoxy) is 2. The van der Waals surface area contributed by atoms with Crippen molar-refractivity contribution >= 4 is 11.8 Å². The molecule has 11 nitrogen and oxygen atoms in total. The number of alkyl halides is 1. The number of pyridine rings is 2. The van der Waals surface area contributed by atoms with Gasteiger partial charge in [-0.2, -0.15) is 5.10 Å². The van der Waals surface area contributed by atoms with Crippen molar-refractivity contribution in [3.8, 4) is 22.8 Å². The van der Waals surface area contributed by atoms with E-state index in [4.69, 9.17) is 15.2 Å². The molecule has 2 fully saturated rings. The highest BCUT2D eigenvalue weighted by Gasteiger charge is 2.34. The van der Waals surface area contributed by atoms with E-state index in [1.807, 2.05) is 0 Å². The first kappa shape index (κ1) is 27.5. The molecule has 0 bridgehead atoms. The van der Waals surface area contributed by atoms with Crippen molar-refractivity contribution in [2.24, 2.45) is 5.73 Å². The lowest BCUT2D eigenvalue weighted by atomic mass is 10.0. The van der Waals surface area contributed by atoms with Gasteiger partial charge in [0, 0.05) is 42.2 Å². The van der Waals surface area contributed by atoms with Crippen LogP contribution in [0.4, 0.5) is 4.39 Å². The second-order valence-electron chi connectivity index (χ2n) is 11.0.